The van der Waals surface area contributed by atoms with E-state index in [1.165, 1.54) is 30.6 Å². The van der Waals surface area contributed by atoms with E-state index < -0.39 is 6.10 Å². The van der Waals surface area contributed by atoms with Crippen molar-refractivity contribution in [3.63, 3.8) is 0 Å². The lowest BCUT2D eigenvalue weighted by Crippen LogP contribution is -2.16. The van der Waals surface area contributed by atoms with E-state index in [2.05, 4.69) is 10.3 Å². The molecule has 0 spiro atoms. The number of carbonyl (C=O) groups is 1. The van der Waals surface area contributed by atoms with Gasteiger partial charge >= 0.3 is 0 Å². The Morgan fingerprint density at radius 3 is 2.88 bits per heavy atom. The number of aliphatic hydroxyl groups is 1. The number of hydrogen-bond acceptors (Lipinski definition) is 4. The number of hydrogen-bond donors (Lipinski definition) is 2. The molecule has 2 fully saturated rings. The number of nitrogens with one attached hydrogen (secondary N) is 1. The predicted molar refractivity (Wildman–Crippen MR) is 65.7 cm³/mol. The fourth-order valence-electron chi connectivity index (χ4n) is 2.93. The molecule has 1 heterocycles. The zero-order chi connectivity index (χ0) is 12.0. The average molecular weight is 252 g/mol. The molecule has 2 saturated carbocycles. The Morgan fingerprint density at radius 2 is 2.29 bits per heavy atom. The zero-order valence-corrected chi connectivity index (χ0v) is 10.5. The number of aromatic nitrogens is 1. The molecule has 3 rings (SSSR count). The molecule has 1 aromatic rings. The van der Waals surface area contributed by atoms with E-state index in [1.54, 1.807) is 12.3 Å². The number of anilines is 1. The molecule has 2 aliphatic carbocycles. The highest BCUT2D eigenvalue weighted by molar-refractivity contribution is 7.13. The Bertz CT molecular complexity index is 433. The maximum Gasteiger partial charge on any atom is 0.229 e. The van der Waals surface area contributed by atoms with Gasteiger partial charge in [-0.3, -0.25) is 4.79 Å². The van der Waals surface area contributed by atoms with Gasteiger partial charge in [-0.05, 0) is 31.6 Å². The Hall–Kier alpha value is -0.940. The Labute approximate surface area is 104 Å². The van der Waals surface area contributed by atoms with Crippen molar-refractivity contribution in [2.24, 2.45) is 17.8 Å². The number of thiazole rings is 1. The van der Waals surface area contributed by atoms with Crippen LogP contribution in [0.2, 0.25) is 0 Å². The highest BCUT2D eigenvalue weighted by Crippen LogP contribution is 2.57. The molecule has 3 unspecified atom stereocenters. The molecule has 0 aliphatic heterocycles. The number of nitrogens with zero attached hydrogens (tertiary/aromatic N) is 1. The van der Waals surface area contributed by atoms with Gasteiger partial charge in [0.05, 0.1) is 11.8 Å². The van der Waals surface area contributed by atoms with Crippen molar-refractivity contribution in [3.05, 3.63) is 11.1 Å². The van der Waals surface area contributed by atoms with E-state index in [0.29, 0.717) is 22.7 Å². The largest absolute Gasteiger partial charge is 0.387 e. The van der Waals surface area contributed by atoms with E-state index in [9.17, 15) is 9.90 Å². The van der Waals surface area contributed by atoms with Crippen LogP contribution in [0.15, 0.2) is 5.38 Å². The summed E-state index contributed by atoms with van der Waals surface area (Å²) in [6.07, 6.45) is 3.12. The van der Waals surface area contributed by atoms with Crippen molar-refractivity contribution in [2.45, 2.75) is 32.3 Å². The van der Waals surface area contributed by atoms with E-state index in [0.717, 1.165) is 0 Å². The third-order valence-corrected chi connectivity index (χ3v) is 4.67. The van der Waals surface area contributed by atoms with Crippen molar-refractivity contribution in [1.82, 2.24) is 4.98 Å². The summed E-state index contributed by atoms with van der Waals surface area (Å²) in [6, 6.07) is 0. The summed E-state index contributed by atoms with van der Waals surface area (Å²) in [5.41, 5.74) is 0.626. The summed E-state index contributed by atoms with van der Waals surface area (Å²) in [7, 11) is 0. The minimum atomic E-state index is -0.572. The van der Waals surface area contributed by atoms with E-state index in [1.807, 2.05) is 0 Å². The number of amides is 1. The minimum Gasteiger partial charge on any atom is -0.387 e. The normalized spacial score (nSPS) is 32.0. The number of fused-ring (bicyclic) bond motifs is 1. The maximum absolute atomic E-state index is 12.0. The first kappa shape index (κ1) is 11.2. The van der Waals surface area contributed by atoms with E-state index in [4.69, 9.17) is 0 Å². The van der Waals surface area contributed by atoms with Crippen molar-refractivity contribution < 1.29 is 9.90 Å². The van der Waals surface area contributed by atoms with Crippen LogP contribution in [0.1, 0.15) is 38.0 Å². The SMILES string of the molecule is CC(O)c1csc(NC(=O)C2C3CCCC32)n1. The van der Waals surface area contributed by atoms with Gasteiger partial charge in [0, 0.05) is 11.3 Å². The third-order valence-electron chi connectivity index (χ3n) is 3.89. The highest BCUT2D eigenvalue weighted by atomic mass is 32.1. The Kier molecular flexibility index (Phi) is 2.67. The molecule has 0 radical (unpaired) electrons. The standard InChI is InChI=1S/C12H16N2O2S/c1-6(15)9-5-17-12(13-9)14-11(16)10-7-3-2-4-8(7)10/h5-8,10,15H,2-4H2,1H3,(H,13,14,16). The number of carbonyl (C=O) groups excluding carboxylic acids is 1. The van der Waals surface area contributed by atoms with Crippen LogP contribution in [0.3, 0.4) is 0 Å². The number of aliphatic hydroxyl groups excluding tert-OH is 1. The van der Waals surface area contributed by atoms with Crippen molar-refractivity contribution in [2.75, 3.05) is 5.32 Å². The van der Waals surface area contributed by atoms with Crippen LogP contribution in [0, 0.1) is 17.8 Å². The lowest BCUT2D eigenvalue weighted by atomic mass is 10.1. The van der Waals surface area contributed by atoms with Crippen LogP contribution < -0.4 is 5.32 Å². The summed E-state index contributed by atoms with van der Waals surface area (Å²) < 4.78 is 0. The summed E-state index contributed by atoms with van der Waals surface area (Å²) in [4.78, 5) is 16.2. The second-order valence-corrected chi connectivity index (χ2v) is 5.89. The van der Waals surface area contributed by atoms with Gasteiger partial charge in [0.2, 0.25) is 5.91 Å². The molecule has 1 amide bonds. The molecule has 0 saturated heterocycles. The first-order valence-electron chi connectivity index (χ1n) is 6.11. The van der Waals surface area contributed by atoms with Crippen LogP contribution in [-0.4, -0.2) is 16.0 Å². The van der Waals surface area contributed by atoms with E-state index in [-0.39, 0.29) is 11.8 Å². The quantitative estimate of drug-likeness (QED) is 0.866. The Morgan fingerprint density at radius 1 is 1.59 bits per heavy atom. The topological polar surface area (TPSA) is 62.2 Å². The molecular formula is C12H16N2O2S. The minimum absolute atomic E-state index is 0.117. The molecule has 4 nitrogen and oxygen atoms in total. The van der Waals surface area contributed by atoms with Crippen molar-refractivity contribution in [1.29, 1.82) is 0 Å². The predicted octanol–water partition coefficient (Wildman–Crippen LogP) is 2.18. The highest BCUT2D eigenvalue weighted by Gasteiger charge is 2.56. The first-order chi connectivity index (χ1) is 8.16. The van der Waals surface area contributed by atoms with Gasteiger partial charge in [0.15, 0.2) is 5.13 Å². The first-order valence-corrected chi connectivity index (χ1v) is 6.99. The Balaban J connectivity index is 1.61. The second kappa shape index (κ2) is 4.07. The molecule has 5 heteroatoms. The summed E-state index contributed by atoms with van der Waals surface area (Å²) in [5, 5.41) is 14.6. The maximum atomic E-state index is 12.0. The fraction of sp³-hybridized carbons (Fsp3) is 0.667. The molecule has 17 heavy (non-hydrogen) atoms. The average Bonchev–Trinajstić information content (AvgIpc) is 2.72. The molecule has 2 aliphatic rings. The molecule has 0 bridgehead atoms. The van der Waals surface area contributed by atoms with Gasteiger partial charge in [-0.25, -0.2) is 4.98 Å². The monoisotopic (exact) mass is 252 g/mol. The summed E-state index contributed by atoms with van der Waals surface area (Å²) >= 11 is 1.38. The van der Waals surface area contributed by atoms with Crippen LogP contribution >= 0.6 is 11.3 Å². The fourth-order valence-corrected chi connectivity index (χ4v) is 3.73. The molecule has 3 atom stereocenters. The van der Waals surface area contributed by atoms with Gasteiger partial charge in [-0.15, -0.1) is 11.3 Å². The van der Waals surface area contributed by atoms with Gasteiger partial charge in [0.25, 0.3) is 0 Å². The summed E-state index contributed by atoms with van der Waals surface area (Å²) in [6.45, 7) is 1.67. The molecule has 1 aromatic heterocycles. The zero-order valence-electron chi connectivity index (χ0n) is 9.72. The van der Waals surface area contributed by atoms with Crippen LogP contribution in [0.5, 0.6) is 0 Å². The molecule has 2 N–H and O–H groups in total. The lowest BCUT2D eigenvalue weighted by molar-refractivity contribution is -0.118. The molecular weight excluding hydrogens is 236 g/mol. The van der Waals surface area contributed by atoms with Gasteiger partial charge in [0.1, 0.15) is 0 Å². The molecule has 0 aromatic carbocycles. The summed E-state index contributed by atoms with van der Waals surface area (Å²) in [5.74, 6) is 1.60. The van der Waals surface area contributed by atoms with E-state index >= 15 is 0 Å². The van der Waals surface area contributed by atoms with Crippen molar-refractivity contribution >= 4 is 22.4 Å². The van der Waals surface area contributed by atoms with Gasteiger partial charge in [-0.2, -0.15) is 0 Å². The van der Waals surface area contributed by atoms with Crippen LogP contribution in [0.25, 0.3) is 0 Å². The molecule has 92 valence electrons. The lowest BCUT2D eigenvalue weighted by Gasteiger charge is -2.03. The second-order valence-electron chi connectivity index (χ2n) is 5.03. The van der Waals surface area contributed by atoms with Crippen LogP contribution in [0.4, 0.5) is 5.13 Å². The van der Waals surface area contributed by atoms with Crippen LogP contribution in [-0.2, 0) is 4.79 Å². The van der Waals surface area contributed by atoms with Gasteiger partial charge in [-0.1, -0.05) is 6.42 Å². The van der Waals surface area contributed by atoms with Crippen molar-refractivity contribution in [3.8, 4) is 0 Å². The smallest absolute Gasteiger partial charge is 0.229 e. The van der Waals surface area contributed by atoms with Gasteiger partial charge < -0.3 is 10.4 Å². The number of rotatable bonds is 3. The third kappa shape index (κ3) is 1.98.